The maximum atomic E-state index is 12.7. The summed E-state index contributed by atoms with van der Waals surface area (Å²) >= 11 is 1.56. The Balaban J connectivity index is 1.42. The van der Waals surface area contributed by atoms with Gasteiger partial charge in [-0.2, -0.15) is 5.10 Å². The molecule has 5 rings (SSSR count). The second kappa shape index (κ2) is 6.33. The van der Waals surface area contributed by atoms with E-state index in [1.807, 2.05) is 58.6 Å². The monoisotopic (exact) mass is 374 g/mol. The number of nitrogens with one attached hydrogen (secondary N) is 1. The number of benzene rings is 1. The number of aromatic nitrogens is 5. The molecule has 0 aliphatic rings. The van der Waals surface area contributed by atoms with Crippen LogP contribution in [-0.4, -0.2) is 29.9 Å². The minimum Gasteiger partial charge on any atom is -0.346 e. The number of carbonyl (C=O) groups excluding carboxylic acids is 1. The molecule has 4 aromatic heterocycles. The van der Waals surface area contributed by atoms with Crippen molar-refractivity contribution >= 4 is 27.9 Å². The topological polar surface area (TPSA) is 76.6 Å². The van der Waals surface area contributed by atoms with E-state index in [0.717, 1.165) is 21.9 Å². The van der Waals surface area contributed by atoms with Crippen molar-refractivity contribution in [3.63, 3.8) is 0 Å². The van der Waals surface area contributed by atoms with Gasteiger partial charge in [0.15, 0.2) is 10.6 Å². The van der Waals surface area contributed by atoms with E-state index in [0.29, 0.717) is 17.8 Å². The summed E-state index contributed by atoms with van der Waals surface area (Å²) in [6.07, 6.45) is 7.10. The van der Waals surface area contributed by atoms with Crippen molar-refractivity contribution in [2.24, 2.45) is 0 Å². The van der Waals surface area contributed by atoms with Crippen LogP contribution in [0.25, 0.3) is 21.9 Å². The number of fused-ring (bicyclic) bond motifs is 2. The van der Waals surface area contributed by atoms with E-state index < -0.39 is 0 Å². The molecule has 0 fully saturated rings. The standard InChI is InChI=1S/C19H14N6OS/c26-18(21-10-14-12-24-8-9-27-19(24)23-14)15-11-22-25-16(6-7-20-17(15)25)13-4-2-1-3-5-13/h1-9,11-12H,10H2,(H,21,26). The summed E-state index contributed by atoms with van der Waals surface area (Å²) < 4.78 is 3.63. The second-order valence-corrected chi connectivity index (χ2v) is 6.87. The average molecular weight is 374 g/mol. The fourth-order valence-corrected chi connectivity index (χ4v) is 3.73. The molecule has 7 nitrogen and oxygen atoms in total. The Kier molecular flexibility index (Phi) is 3.68. The van der Waals surface area contributed by atoms with E-state index in [-0.39, 0.29) is 5.91 Å². The molecule has 0 saturated carbocycles. The molecule has 1 amide bonds. The molecule has 5 aromatic rings. The number of imidazole rings is 1. The first kappa shape index (κ1) is 15.7. The van der Waals surface area contributed by atoms with Crippen LogP contribution in [0.3, 0.4) is 0 Å². The Morgan fingerprint density at radius 3 is 2.93 bits per heavy atom. The van der Waals surface area contributed by atoms with Gasteiger partial charge in [-0.1, -0.05) is 30.3 Å². The van der Waals surface area contributed by atoms with Crippen molar-refractivity contribution in [3.8, 4) is 11.3 Å². The maximum Gasteiger partial charge on any atom is 0.257 e. The van der Waals surface area contributed by atoms with Crippen molar-refractivity contribution in [3.05, 3.63) is 77.8 Å². The highest BCUT2D eigenvalue weighted by molar-refractivity contribution is 7.15. The largest absolute Gasteiger partial charge is 0.346 e. The Morgan fingerprint density at radius 2 is 2.07 bits per heavy atom. The summed E-state index contributed by atoms with van der Waals surface area (Å²) in [5.74, 6) is -0.223. The Bertz CT molecular complexity index is 1220. The highest BCUT2D eigenvalue weighted by atomic mass is 32.1. The Hall–Kier alpha value is -3.52. The van der Waals surface area contributed by atoms with Gasteiger partial charge in [0.05, 0.1) is 24.1 Å². The number of hydrogen-bond acceptors (Lipinski definition) is 5. The van der Waals surface area contributed by atoms with E-state index in [9.17, 15) is 4.79 Å². The molecule has 0 radical (unpaired) electrons. The molecule has 4 heterocycles. The molecule has 0 spiro atoms. The number of hydrogen-bond donors (Lipinski definition) is 1. The van der Waals surface area contributed by atoms with Crippen molar-refractivity contribution in [2.75, 3.05) is 0 Å². The lowest BCUT2D eigenvalue weighted by molar-refractivity contribution is 0.0952. The Labute approximate surface area is 157 Å². The van der Waals surface area contributed by atoms with Gasteiger partial charge >= 0.3 is 0 Å². The molecule has 0 bridgehead atoms. The first-order chi connectivity index (χ1) is 13.3. The molecule has 8 heteroatoms. The fourth-order valence-electron chi connectivity index (χ4n) is 3.01. The molecule has 0 aliphatic heterocycles. The van der Waals surface area contributed by atoms with E-state index in [4.69, 9.17) is 0 Å². The molecule has 1 N–H and O–H groups in total. The minimum atomic E-state index is -0.223. The van der Waals surface area contributed by atoms with Gasteiger partial charge in [0, 0.05) is 29.5 Å². The lowest BCUT2D eigenvalue weighted by Crippen LogP contribution is -2.23. The predicted octanol–water partition coefficient (Wildman–Crippen LogP) is 3.04. The molecule has 0 saturated heterocycles. The second-order valence-electron chi connectivity index (χ2n) is 6.00. The van der Waals surface area contributed by atoms with Crippen LogP contribution in [0.4, 0.5) is 0 Å². The third kappa shape index (κ3) is 2.76. The van der Waals surface area contributed by atoms with Crippen LogP contribution in [0.2, 0.25) is 0 Å². The van der Waals surface area contributed by atoms with Gasteiger partial charge in [-0.05, 0) is 6.07 Å². The quantitative estimate of drug-likeness (QED) is 0.525. The molecule has 0 aliphatic carbocycles. The minimum absolute atomic E-state index is 0.223. The number of nitrogens with zero attached hydrogens (tertiary/aromatic N) is 5. The van der Waals surface area contributed by atoms with Crippen molar-refractivity contribution in [1.82, 2.24) is 29.3 Å². The summed E-state index contributed by atoms with van der Waals surface area (Å²) in [7, 11) is 0. The van der Waals surface area contributed by atoms with Gasteiger partial charge in [-0.25, -0.2) is 14.5 Å². The zero-order valence-corrected chi connectivity index (χ0v) is 14.9. The van der Waals surface area contributed by atoms with Crippen LogP contribution >= 0.6 is 11.3 Å². The van der Waals surface area contributed by atoms with Crippen LogP contribution in [0, 0.1) is 0 Å². The lowest BCUT2D eigenvalue weighted by Gasteiger charge is -2.05. The summed E-state index contributed by atoms with van der Waals surface area (Å²) in [5, 5.41) is 9.24. The van der Waals surface area contributed by atoms with Crippen LogP contribution < -0.4 is 5.32 Å². The molecule has 0 unspecified atom stereocenters. The molecule has 0 atom stereocenters. The lowest BCUT2D eigenvalue weighted by atomic mass is 10.1. The van der Waals surface area contributed by atoms with E-state index in [2.05, 4.69) is 20.4 Å². The van der Waals surface area contributed by atoms with Crippen molar-refractivity contribution in [2.45, 2.75) is 6.54 Å². The summed E-state index contributed by atoms with van der Waals surface area (Å²) in [4.78, 5) is 22.4. The number of thiazole rings is 1. The molecule has 132 valence electrons. The fraction of sp³-hybridized carbons (Fsp3) is 0.0526. The number of carbonyl (C=O) groups is 1. The predicted molar refractivity (Wildman–Crippen MR) is 103 cm³/mol. The van der Waals surface area contributed by atoms with Gasteiger partial charge in [-0.15, -0.1) is 11.3 Å². The zero-order valence-electron chi connectivity index (χ0n) is 14.1. The first-order valence-corrected chi connectivity index (χ1v) is 9.25. The van der Waals surface area contributed by atoms with E-state index in [1.165, 1.54) is 0 Å². The highest BCUT2D eigenvalue weighted by Gasteiger charge is 2.16. The summed E-state index contributed by atoms with van der Waals surface area (Å²) in [6, 6.07) is 11.8. The summed E-state index contributed by atoms with van der Waals surface area (Å²) in [6.45, 7) is 0.350. The highest BCUT2D eigenvalue weighted by Crippen LogP contribution is 2.20. The normalized spacial score (nSPS) is 11.3. The molecular weight excluding hydrogens is 360 g/mol. The third-order valence-corrected chi connectivity index (χ3v) is 5.06. The van der Waals surface area contributed by atoms with Crippen LogP contribution in [0.15, 0.2) is 66.6 Å². The van der Waals surface area contributed by atoms with Crippen molar-refractivity contribution < 1.29 is 4.79 Å². The molecule has 27 heavy (non-hydrogen) atoms. The first-order valence-electron chi connectivity index (χ1n) is 8.37. The van der Waals surface area contributed by atoms with Crippen molar-refractivity contribution in [1.29, 1.82) is 0 Å². The van der Waals surface area contributed by atoms with Crippen LogP contribution in [0.1, 0.15) is 16.1 Å². The third-order valence-electron chi connectivity index (χ3n) is 4.29. The van der Waals surface area contributed by atoms with E-state index >= 15 is 0 Å². The van der Waals surface area contributed by atoms with Crippen LogP contribution in [0.5, 0.6) is 0 Å². The SMILES string of the molecule is O=C(NCc1cn2ccsc2n1)c1cnn2c(-c3ccccc3)ccnc12. The smallest absolute Gasteiger partial charge is 0.257 e. The van der Waals surface area contributed by atoms with E-state index in [1.54, 1.807) is 28.2 Å². The van der Waals surface area contributed by atoms with Gasteiger partial charge in [0.2, 0.25) is 0 Å². The molecular formula is C19H14N6OS. The number of amides is 1. The van der Waals surface area contributed by atoms with Gasteiger partial charge in [0.25, 0.3) is 5.91 Å². The van der Waals surface area contributed by atoms with Crippen LogP contribution in [-0.2, 0) is 6.54 Å². The average Bonchev–Trinajstić information content (AvgIpc) is 3.41. The van der Waals surface area contributed by atoms with Gasteiger partial charge in [-0.3, -0.25) is 9.20 Å². The molecule has 1 aromatic carbocycles. The van der Waals surface area contributed by atoms with Gasteiger partial charge < -0.3 is 5.32 Å². The van der Waals surface area contributed by atoms with Gasteiger partial charge in [0.1, 0.15) is 5.56 Å². The Morgan fingerprint density at radius 1 is 1.19 bits per heavy atom. The number of rotatable bonds is 4. The summed E-state index contributed by atoms with van der Waals surface area (Å²) in [5.41, 5.74) is 3.67. The maximum absolute atomic E-state index is 12.7. The zero-order chi connectivity index (χ0) is 18.2.